The first-order chi connectivity index (χ1) is 13.0. The lowest BCUT2D eigenvalue weighted by Crippen LogP contribution is -2.41. The second-order valence-corrected chi connectivity index (χ2v) is 8.53. The predicted octanol–water partition coefficient (Wildman–Crippen LogP) is 2.97. The number of piperidine rings is 1. The van der Waals surface area contributed by atoms with Gasteiger partial charge in [0.15, 0.2) is 0 Å². The average molecular weight is 391 g/mol. The van der Waals surface area contributed by atoms with Gasteiger partial charge in [-0.15, -0.1) is 0 Å². The SMILES string of the molecule is CCCS(=O)(=O)Nc1ccc(NC(=O)N2CCCC(c3ncc[nH]3)C2)cc1. The van der Waals surface area contributed by atoms with Crippen molar-refractivity contribution < 1.29 is 13.2 Å². The lowest BCUT2D eigenvalue weighted by molar-refractivity contribution is 0.191. The van der Waals surface area contributed by atoms with Crippen molar-refractivity contribution in [3.05, 3.63) is 42.5 Å². The summed E-state index contributed by atoms with van der Waals surface area (Å²) in [5, 5.41) is 2.87. The highest BCUT2D eigenvalue weighted by molar-refractivity contribution is 7.92. The van der Waals surface area contributed by atoms with E-state index < -0.39 is 10.0 Å². The topological polar surface area (TPSA) is 107 Å². The van der Waals surface area contributed by atoms with E-state index in [0.717, 1.165) is 18.7 Å². The predicted molar refractivity (Wildman–Crippen MR) is 105 cm³/mol. The number of carbonyl (C=O) groups excluding carboxylic acids is 1. The zero-order valence-electron chi connectivity index (χ0n) is 15.3. The summed E-state index contributed by atoms with van der Waals surface area (Å²) in [5.41, 5.74) is 1.11. The molecule has 1 aliphatic heterocycles. The molecule has 2 aromatic rings. The molecule has 3 N–H and O–H groups in total. The number of H-pyrrole nitrogens is 1. The third-order valence-corrected chi connectivity index (χ3v) is 5.99. The maximum absolute atomic E-state index is 12.6. The normalized spacial score (nSPS) is 17.5. The minimum Gasteiger partial charge on any atom is -0.348 e. The highest BCUT2D eigenvalue weighted by atomic mass is 32.2. The van der Waals surface area contributed by atoms with Crippen LogP contribution in [0.5, 0.6) is 0 Å². The molecule has 0 bridgehead atoms. The molecule has 0 saturated carbocycles. The van der Waals surface area contributed by atoms with Crippen molar-refractivity contribution in [2.24, 2.45) is 0 Å². The standard InChI is InChI=1S/C18H25N5O3S/c1-2-12-27(25,26)22-16-7-5-15(6-8-16)21-18(24)23-11-3-4-14(13-23)17-19-9-10-20-17/h5-10,14,22H,2-4,11-13H2,1H3,(H,19,20)(H,21,24). The Kier molecular flexibility index (Phi) is 6.00. The lowest BCUT2D eigenvalue weighted by atomic mass is 9.98. The number of hydrogen-bond donors (Lipinski definition) is 3. The Bertz CT molecular complexity index is 850. The van der Waals surface area contributed by atoms with Gasteiger partial charge in [-0.1, -0.05) is 6.92 Å². The molecular formula is C18H25N5O3S. The third-order valence-electron chi connectivity index (χ3n) is 4.50. The van der Waals surface area contributed by atoms with Crippen LogP contribution in [0.25, 0.3) is 0 Å². The monoisotopic (exact) mass is 391 g/mol. The van der Waals surface area contributed by atoms with Crippen LogP contribution in [-0.2, 0) is 10.0 Å². The van der Waals surface area contributed by atoms with Gasteiger partial charge in [0.25, 0.3) is 0 Å². The maximum atomic E-state index is 12.6. The number of urea groups is 1. The number of carbonyl (C=O) groups is 1. The van der Waals surface area contributed by atoms with E-state index >= 15 is 0 Å². The molecule has 3 rings (SSSR count). The van der Waals surface area contributed by atoms with Gasteiger partial charge in [0.05, 0.1) is 5.75 Å². The average Bonchev–Trinajstić information content (AvgIpc) is 3.18. The Morgan fingerprint density at radius 1 is 1.30 bits per heavy atom. The lowest BCUT2D eigenvalue weighted by Gasteiger charge is -2.31. The number of benzene rings is 1. The van der Waals surface area contributed by atoms with E-state index in [1.165, 1.54) is 0 Å². The Morgan fingerprint density at radius 2 is 2.04 bits per heavy atom. The first-order valence-corrected chi connectivity index (χ1v) is 10.8. The van der Waals surface area contributed by atoms with Crippen LogP contribution in [0, 0.1) is 0 Å². The van der Waals surface area contributed by atoms with Gasteiger partial charge >= 0.3 is 6.03 Å². The van der Waals surface area contributed by atoms with Gasteiger partial charge in [-0.3, -0.25) is 4.72 Å². The number of nitrogens with one attached hydrogen (secondary N) is 3. The Hall–Kier alpha value is -2.55. The molecule has 8 nitrogen and oxygen atoms in total. The number of anilines is 2. The number of rotatable bonds is 6. The quantitative estimate of drug-likeness (QED) is 0.703. The molecule has 9 heteroatoms. The zero-order chi connectivity index (χ0) is 19.3. The van der Waals surface area contributed by atoms with E-state index in [9.17, 15) is 13.2 Å². The number of hydrogen-bond acceptors (Lipinski definition) is 4. The van der Waals surface area contributed by atoms with Crippen LogP contribution in [0.4, 0.5) is 16.2 Å². The van der Waals surface area contributed by atoms with E-state index in [2.05, 4.69) is 20.0 Å². The van der Waals surface area contributed by atoms with Crippen LogP contribution < -0.4 is 10.0 Å². The van der Waals surface area contributed by atoms with Crippen LogP contribution >= 0.6 is 0 Å². The number of likely N-dealkylation sites (tertiary alicyclic amines) is 1. The van der Waals surface area contributed by atoms with E-state index in [1.54, 1.807) is 41.6 Å². The number of nitrogens with zero attached hydrogens (tertiary/aromatic N) is 2. The van der Waals surface area contributed by atoms with Crippen LogP contribution in [0.1, 0.15) is 37.9 Å². The van der Waals surface area contributed by atoms with Gasteiger partial charge in [-0.05, 0) is 43.5 Å². The van der Waals surface area contributed by atoms with Crippen molar-refractivity contribution >= 4 is 27.4 Å². The van der Waals surface area contributed by atoms with Gasteiger partial charge in [0, 0.05) is 42.8 Å². The highest BCUT2D eigenvalue weighted by Gasteiger charge is 2.26. The second-order valence-electron chi connectivity index (χ2n) is 6.69. The van der Waals surface area contributed by atoms with Crippen LogP contribution in [0.15, 0.2) is 36.7 Å². The molecule has 2 heterocycles. The van der Waals surface area contributed by atoms with E-state index in [0.29, 0.717) is 30.9 Å². The van der Waals surface area contributed by atoms with Crippen molar-refractivity contribution in [3.63, 3.8) is 0 Å². The van der Waals surface area contributed by atoms with Gasteiger partial charge in [-0.2, -0.15) is 0 Å². The summed E-state index contributed by atoms with van der Waals surface area (Å²) >= 11 is 0. The van der Waals surface area contributed by atoms with Crippen molar-refractivity contribution in [1.82, 2.24) is 14.9 Å². The Labute approximate surface area is 159 Å². The van der Waals surface area contributed by atoms with Crippen molar-refractivity contribution in [3.8, 4) is 0 Å². The Morgan fingerprint density at radius 3 is 2.70 bits per heavy atom. The molecule has 27 heavy (non-hydrogen) atoms. The number of aromatic nitrogens is 2. The molecule has 1 fully saturated rings. The van der Waals surface area contributed by atoms with Gasteiger partial charge < -0.3 is 15.2 Å². The molecule has 0 spiro atoms. The largest absolute Gasteiger partial charge is 0.348 e. The molecule has 0 radical (unpaired) electrons. The van der Waals surface area contributed by atoms with Gasteiger partial charge in [-0.25, -0.2) is 18.2 Å². The Balaban J connectivity index is 1.57. The van der Waals surface area contributed by atoms with Crippen molar-refractivity contribution in [1.29, 1.82) is 0 Å². The summed E-state index contributed by atoms with van der Waals surface area (Å²) in [7, 11) is -3.32. The van der Waals surface area contributed by atoms with Gasteiger partial charge in [0.2, 0.25) is 10.0 Å². The maximum Gasteiger partial charge on any atom is 0.321 e. The zero-order valence-corrected chi connectivity index (χ0v) is 16.1. The van der Waals surface area contributed by atoms with Crippen LogP contribution in [-0.4, -0.2) is 48.2 Å². The van der Waals surface area contributed by atoms with Crippen molar-refractivity contribution in [2.75, 3.05) is 28.9 Å². The van der Waals surface area contributed by atoms with E-state index in [-0.39, 0.29) is 17.7 Å². The highest BCUT2D eigenvalue weighted by Crippen LogP contribution is 2.25. The summed E-state index contributed by atoms with van der Waals surface area (Å²) in [5.74, 6) is 1.21. The summed E-state index contributed by atoms with van der Waals surface area (Å²) in [6.45, 7) is 3.14. The third kappa shape index (κ3) is 5.22. The number of imidazole rings is 1. The molecule has 0 aliphatic carbocycles. The molecule has 146 valence electrons. The number of amides is 2. The molecule has 1 aliphatic rings. The smallest absolute Gasteiger partial charge is 0.321 e. The number of aromatic amines is 1. The summed E-state index contributed by atoms with van der Waals surface area (Å²) < 4.78 is 26.1. The molecule has 1 unspecified atom stereocenters. The van der Waals surface area contributed by atoms with E-state index in [4.69, 9.17) is 0 Å². The summed E-state index contributed by atoms with van der Waals surface area (Å²) in [6.07, 6.45) is 6.01. The minimum atomic E-state index is -3.32. The van der Waals surface area contributed by atoms with Gasteiger partial charge in [0.1, 0.15) is 5.82 Å². The first kappa shape index (κ1) is 19.2. The molecule has 1 aromatic carbocycles. The number of sulfonamides is 1. The first-order valence-electron chi connectivity index (χ1n) is 9.12. The molecule has 1 saturated heterocycles. The van der Waals surface area contributed by atoms with Crippen LogP contribution in [0.3, 0.4) is 0 Å². The fourth-order valence-electron chi connectivity index (χ4n) is 3.21. The fraction of sp³-hybridized carbons (Fsp3) is 0.444. The second kappa shape index (κ2) is 8.43. The molecule has 1 atom stereocenters. The minimum absolute atomic E-state index is 0.0806. The fourth-order valence-corrected chi connectivity index (χ4v) is 4.34. The molecule has 1 aromatic heterocycles. The van der Waals surface area contributed by atoms with Crippen molar-refractivity contribution in [2.45, 2.75) is 32.1 Å². The molecular weight excluding hydrogens is 366 g/mol. The van der Waals surface area contributed by atoms with Crippen LogP contribution in [0.2, 0.25) is 0 Å². The summed E-state index contributed by atoms with van der Waals surface area (Å²) in [6, 6.07) is 6.51. The van der Waals surface area contributed by atoms with E-state index in [1.807, 2.05) is 6.92 Å². The summed E-state index contributed by atoms with van der Waals surface area (Å²) in [4.78, 5) is 21.8. The molecule has 2 amide bonds.